The number of anilines is 1. The molecule has 0 spiro atoms. The summed E-state index contributed by atoms with van der Waals surface area (Å²) in [4.78, 5) is 23.8. The van der Waals surface area contributed by atoms with E-state index in [-0.39, 0.29) is 0 Å². The molecular weight excluding hydrogens is 320 g/mol. The van der Waals surface area contributed by atoms with Crippen molar-refractivity contribution >= 4 is 17.6 Å². The van der Waals surface area contributed by atoms with Crippen LogP contribution in [-0.2, 0) is 9.53 Å². The molecule has 0 aliphatic heterocycles. The Labute approximate surface area is 137 Å². The molecule has 7 heteroatoms. The first-order valence-electron chi connectivity index (χ1n) is 7.01. The van der Waals surface area contributed by atoms with Gasteiger partial charge in [0.2, 0.25) is 0 Å². The van der Waals surface area contributed by atoms with E-state index in [1.807, 2.05) is 0 Å². The Morgan fingerprint density at radius 2 is 1.75 bits per heavy atom. The van der Waals surface area contributed by atoms with Crippen LogP contribution in [0.3, 0.4) is 0 Å². The van der Waals surface area contributed by atoms with Crippen LogP contribution in [0.15, 0.2) is 42.5 Å². The van der Waals surface area contributed by atoms with Crippen LogP contribution in [0.4, 0.5) is 14.5 Å². The Morgan fingerprint density at radius 3 is 2.33 bits per heavy atom. The van der Waals surface area contributed by atoms with Gasteiger partial charge in [-0.05, 0) is 43.3 Å². The Kier molecular flexibility index (Phi) is 5.47. The van der Waals surface area contributed by atoms with Crippen molar-refractivity contribution in [1.82, 2.24) is 0 Å². The maximum absolute atomic E-state index is 13.5. The van der Waals surface area contributed by atoms with Gasteiger partial charge >= 0.3 is 5.97 Å². The molecule has 5 nitrogen and oxygen atoms in total. The van der Waals surface area contributed by atoms with E-state index in [4.69, 9.17) is 9.47 Å². The quantitative estimate of drug-likeness (QED) is 0.853. The number of ether oxygens (including phenoxy) is 2. The molecule has 2 rings (SSSR count). The average Bonchev–Trinajstić information content (AvgIpc) is 2.55. The van der Waals surface area contributed by atoms with Crippen LogP contribution >= 0.6 is 0 Å². The van der Waals surface area contributed by atoms with Gasteiger partial charge < -0.3 is 14.8 Å². The van der Waals surface area contributed by atoms with Crippen molar-refractivity contribution in [1.29, 1.82) is 0 Å². The third-order valence-corrected chi connectivity index (χ3v) is 3.16. The summed E-state index contributed by atoms with van der Waals surface area (Å²) in [7, 11) is 1.52. The number of amides is 1. The van der Waals surface area contributed by atoms with E-state index in [0.29, 0.717) is 17.5 Å². The molecule has 1 unspecified atom stereocenters. The third kappa shape index (κ3) is 4.28. The smallest absolute Gasteiger partial charge is 0.341 e. The fourth-order valence-corrected chi connectivity index (χ4v) is 1.85. The van der Waals surface area contributed by atoms with Crippen molar-refractivity contribution in [2.75, 3.05) is 12.4 Å². The molecule has 0 heterocycles. The highest BCUT2D eigenvalue weighted by Gasteiger charge is 2.21. The lowest BCUT2D eigenvalue weighted by Gasteiger charge is -2.14. The van der Waals surface area contributed by atoms with Crippen molar-refractivity contribution in [3.8, 4) is 5.75 Å². The lowest BCUT2D eigenvalue weighted by molar-refractivity contribution is -0.123. The summed E-state index contributed by atoms with van der Waals surface area (Å²) >= 11 is 0. The van der Waals surface area contributed by atoms with E-state index in [9.17, 15) is 18.4 Å². The summed E-state index contributed by atoms with van der Waals surface area (Å²) in [5.74, 6) is -2.88. The van der Waals surface area contributed by atoms with Crippen molar-refractivity contribution in [2.45, 2.75) is 13.0 Å². The number of rotatable bonds is 5. The molecule has 0 aromatic heterocycles. The average molecular weight is 335 g/mol. The summed E-state index contributed by atoms with van der Waals surface area (Å²) in [6, 6.07) is 9.00. The van der Waals surface area contributed by atoms with Crippen LogP contribution in [0.1, 0.15) is 17.3 Å². The molecule has 1 N–H and O–H groups in total. The van der Waals surface area contributed by atoms with Gasteiger partial charge in [-0.15, -0.1) is 0 Å². The first-order chi connectivity index (χ1) is 11.4. The van der Waals surface area contributed by atoms with Crippen LogP contribution in [0.2, 0.25) is 0 Å². The predicted molar refractivity (Wildman–Crippen MR) is 82.9 cm³/mol. The highest BCUT2D eigenvalue weighted by atomic mass is 19.1. The molecule has 0 aliphatic rings. The number of hydrogen-bond donors (Lipinski definition) is 1. The zero-order valence-electron chi connectivity index (χ0n) is 13.0. The van der Waals surface area contributed by atoms with Gasteiger partial charge in [0.15, 0.2) is 6.10 Å². The van der Waals surface area contributed by atoms with E-state index in [1.54, 1.807) is 24.3 Å². The number of carbonyl (C=O) groups excluding carboxylic acids is 2. The second-order valence-electron chi connectivity index (χ2n) is 4.89. The highest BCUT2D eigenvalue weighted by Crippen LogP contribution is 2.16. The highest BCUT2D eigenvalue weighted by molar-refractivity contribution is 5.97. The molecule has 1 amide bonds. The topological polar surface area (TPSA) is 64.6 Å². The molecule has 2 aromatic carbocycles. The maximum Gasteiger partial charge on any atom is 0.341 e. The molecule has 0 aliphatic carbocycles. The zero-order chi connectivity index (χ0) is 17.7. The molecule has 126 valence electrons. The van der Waals surface area contributed by atoms with Gasteiger partial charge in [0.1, 0.15) is 17.4 Å². The molecule has 0 saturated heterocycles. The normalized spacial score (nSPS) is 11.5. The first kappa shape index (κ1) is 17.4. The van der Waals surface area contributed by atoms with Crippen LogP contribution in [0.5, 0.6) is 5.75 Å². The number of benzene rings is 2. The van der Waals surface area contributed by atoms with Gasteiger partial charge in [0, 0.05) is 11.8 Å². The fraction of sp³-hybridized carbons (Fsp3) is 0.176. The number of halogens is 2. The van der Waals surface area contributed by atoms with Crippen LogP contribution in [0, 0.1) is 11.6 Å². The Bertz CT molecular complexity index is 747. The first-order valence-corrected chi connectivity index (χ1v) is 7.01. The molecule has 2 aromatic rings. The summed E-state index contributed by atoms with van der Waals surface area (Å²) in [5, 5.41) is 2.55. The van der Waals surface area contributed by atoms with E-state index in [2.05, 4.69) is 5.32 Å². The third-order valence-electron chi connectivity index (χ3n) is 3.16. The monoisotopic (exact) mass is 335 g/mol. The minimum Gasteiger partial charge on any atom is -0.497 e. The summed E-state index contributed by atoms with van der Waals surface area (Å²) < 4.78 is 36.2. The van der Waals surface area contributed by atoms with E-state index >= 15 is 0 Å². The number of methoxy groups -OCH3 is 1. The van der Waals surface area contributed by atoms with Crippen molar-refractivity contribution in [3.63, 3.8) is 0 Å². The molecular formula is C17H15F2NO4. The number of esters is 1. The van der Waals surface area contributed by atoms with Gasteiger partial charge in [0.25, 0.3) is 5.91 Å². The molecule has 0 saturated carbocycles. The lowest BCUT2D eigenvalue weighted by Crippen LogP contribution is -2.30. The summed E-state index contributed by atoms with van der Waals surface area (Å²) in [6.07, 6.45) is -1.16. The van der Waals surface area contributed by atoms with E-state index < -0.39 is 35.2 Å². The Balaban J connectivity index is 1.98. The van der Waals surface area contributed by atoms with Crippen molar-refractivity contribution in [2.24, 2.45) is 0 Å². The van der Waals surface area contributed by atoms with Gasteiger partial charge in [-0.25, -0.2) is 13.6 Å². The molecule has 1 atom stereocenters. The van der Waals surface area contributed by atoms with Crippen LogP contribution in [-0.4, -0.2) is 25.1 Å². The standard InChI is InChI=1S/C17H15F2NO4/c1-10(16(21)20-12-4-6-13(23-2)7-5-12)24-17(22)14-8-3-11(18)9-15(14)19/h3-10H,1-2H3,(H,20,21). The van der Waals surface area contributed by atoms with Crippen molar-refractivity contribution in [3.05, 3.63) is 59.7 Å². The Hall–Kier alpha value is -2.96. The van der Waals surface area contributed by atoms with E-state index in [0.717, 1.165) is 12.1 Å². The molecule has 0 radical (unpaired) electrons. The number of hydrogen-bond acceptors (Lipinski definition) is 4. The van der Waals surface area contributed by atoms with Crippen molar-refractivity contribution < 1.29 is 27.8 Å². The van der Waals surface area contributed by atoms with E-state index in [1.165, 1.54) is 14.0 Å². The van der Waals surface area contributed by atoms with Crippen LogP contribution < -0.4 is 10.1 Å². The van der Waals surface area contributed by atoms with Gasteiger partial charge in [-0.2, -0.15) is 0 Å². The van der Waals surface area contributed by atoms with Gasteiger partial charge in [0.05, 0.1) is 12.7 Å². The molecule has 0 fully saturated rings. The minimum atomic E-state index is -1.16. The Morgan fingerprint density at radius 1 is 1.08 bits per heavy atom. The van der Waals surface area contributed by atoms with Gasteiger partial charge in [-0.3, -0.25) is 4.79 Å². The van der Waals surface area contributed by atoms with Crippen LogP contribution in [0.25, 0.3) is 0 Å². The molecule has 0 bridgehead atoms. The lowest BCUT2D eigenvalue weighted by atomic mass is 10.2. The largest absolute Gasteiger partial charge is 0.497 e. The number of nitrogens with one attached hydrogen (secondary N) is 1. The molecule has 24 heavy (non-hydrogen) atoms. The minimum absolute atomic E-state index is 0.444. The second-order valence-corrected chi connectivity index (χ2v) is 4.89. The van der Waals surface area contributed by atoms with Gasteiger partial charge in [-0.1, -0.05) is 0 Å². The second kappa shape index (κ2) is 7.54. The number of carbonyl (C=O) groups is 2. The summed E-state index contributed by atoms with van der Waals surface area (Å²) in [5.41, 5.74) is 0.0390. The predicted octanol–water partition coefficient (Wildman–Crippen LogP) is 3.16. The summed E-state index contributed by atoms with van der Waals surface area (Å²) in [6.45, 7) is 1.35. The fourth-order valence-electron chi connectivity index (χ4n) is 1.85. The zero-order valence-corrected chi connectivity index (χ0v) is 13.0. The maximum atomic E-state index is 13.5. The SMILES string of the molecule is COc1ccc(NC(=O)C(C)OC(=O)c2ccc(F)cc2F)cc1.